The molecule has 0 radical (unpaired) electrons. The van der Waals surface area contributed by atoms with E-state index in [9.17, 15) is 9.59 Å². The van der Waals surface area contributed by atoms with Crippen LogP contribution in [0.1, 0.15) is 24.8 Å². The lowest BCUT2D eigenvalue weighted by molar-refractivity contribution is -0.115. The van der Waals surface area contributed by atoms with Crippen LogP contribution in [0.3, 0.4) is 0 Å². The van der Waals surface area contributed by atoms with Gasteiger partial charge < -0.3 is 5.32 Å². The highest BCUT2D eigenvalue weighted by atomic mass is 16.2. The van der Waals surface area contributed by atoms with Gasteiger partial charge in [-0.15, -0.1) is 0 Å². The number of amides is 1. The van der Waals surface area contributed by atoms with Crippen LogP contribution in [-0.4, -0.2) is 11.7 Å². The highest BCUT2D eigenvalue weighted by Crippen LogP contribution is 2.37. The predicted molar refractivity (Wildman–Crippen MR) is 60.8 cm³/mol. The average molecular weight is 213 g/mol. The zero-order valence-corrected chi connectivity index (χ0v) is 8.75. The molecule has 1 amide bonds. The molecule has 0 unspecified atom stereocenters. The van der Waals surface area contributed by atoms with Crippen molar-refractivity contribution in [3.8, 4) is 0 Å². The summed E-state index contributed by atoms with van der Waals surface area (Å²) in [5, 5.41) is 2.80. The first kappa shape index (κ1) is 9.33. The highest BCUT2D eigenvalue weighted by Gasteiger charge is 2.31. The van der Waals surface area contributed by atoms with Gasteiger partial charge in [-0.2, -0.15) is 0 Å². The Bertz CT molecular complexity index is 528. The van der Waals surface area contributed by atoms with E-state index in [1.165, 1.54) is 0 Å². The molecule has 1 aliphatic carbocycles. The zero-order chi connectivity index (χ0) is 11.1. The van der Waals surface area contributed by atoms with E-state index in [-0.39, 0.29) is 11.7 Å². The van der Waals surface area contributed by atoms with Crippen LogP contribution in [0, 0.1) is 0 Å². The summed E-state index contributed by atoms with van der Waals surface area (Å²) < 4.78 is 0. The number of carbonyl (C=O) groups excluding carboxylic acids is 2. The molecule has 2 aliphatic rings. The van der Waals surface area contributed by atoms with Crippen LogP contribution < -0.4 is 5.32 Å². The minimum Gasteiger partial charge on any atom is -0.321 e. The summed E-state index contributed by atoms with van der Waals surface area (Å²) in [5.41, 5.74) is 2.99. The van der Waals surface area contributed by atoms with Crippen molar-refractivity contribution in [1.29, 1.82) is 0 Å². The van der Waals surface area contributed by atoms with Crippen molar-refractivity contribution in [1.82, 2.24) is 0 Å². The lowest BCUT2D eigenvalue weighted by Crippen LogP contribution is -2.07. The van der Waals surface area contributed by atoms with Gasteiger partial charge in [0.25, 0.3) is 5.91 Å². The Morgan fingerprint density at radius 2 is 1.88 bits per heavy atom. The fourth-order valence-electron chi connectivity index (χ4n) is 2.40. The van der Waals surface area contributed by atoms with Crippen molar-refractivity contribution >= 4 is 23.0 Å². The largest absolute Gasteiger partial charge is 0.321 e. The molecule has 1 aromatic carbocycles. The van der Waals surface area contributed by atoms with Crippen molar-refractivity contribution in [2.75, 3.05) is 5.32 Å². The maximum absolute atomic E-state index is 11.8. The summed E-state index contributed by atoms with van der Waals surface area (Å²) in [4.78, 5) is 23.5. The third-order valence-corrected chi connectivity index (χ3v) is 3.14. The number of Topliss-reactive ketones (excluding diaryl/α,β-unsaturated/α-hetero) is 1. The van der Waals surface area contributed by atoms with E-state index in [2.05, 4.69) is 5.32 Å². The van der Waals surface area contributed by atoms with Crippen molar-refractivity contribution in [3.05, 3.63) is 35.4 Å². The lowest BCUT2D eigenvalue weighted by Gasteiger charge is -2.01. The first-order valence-corrected chi connectivity index (χ1v) is 5.44. The number of hydrogen-bond donors (Lipinski definition) is 1. The fraction of sp³-hybridized carbons (Fsp3) is 0.231. The number of benzene rings is 1. The smallest absolute Gasteiger partial charge is 0.256 e. The second-order valence-corrected chi connectivity index (χ2v) is 4.13. The highest BCUT2D eigenvalue weighted by molar-refractivity contribution is 6.35. The van der Waals surface area contributed by atoms with E-state index in [1.54, 1.807) is 0 Å². The Balaban J connectivity index is 2.22. The molecular formula is C13H11NO2. The maximum atomic E-state index is 11.8. The van der Waals surface area contributed by atoms with Gasteiger partial charge in [0.15, 0.2) is 5.78 Å². The van der Waals surface area contributed by atoms with Gasteiger partial charge in [-0.1, -0.05) is 18.2 Å². The first-order chi connectivity index (χ1) is 7.77. The summed E-state index contributed by atoms with van der Waals surface area (Å²) in [6.45, 7) is 0. The molecule has 80 valence electrons. The standard InChI is InChI=1S/C13H11NO2/c15-11-7-3-5-9(11)12-8-4-1-2-6-10(8)14-13(12)16/h1-2,4,6H,3,5,7H2,(H,14,16)/b12-9-. The lowest BCUT2D eigenvalue weighted by atomic mass is 9.99. The molecule has 1 N–H and O–H groups in total. The molecular weight excluding hydrogens is 202 g/mol. The van der Waals surface area contributed by atoms with Crippen LogP contribution in [0.5, 0.6) is 0 Å². The molecule has 16 heavy (non-hydrogen) atoms. The summed E-state index contributed by atoms with van der Waals surface area (Å²) in [6, 6.07) is 7.52. The molecule has 3 nitrogen and oxygen atoms in total. The first-order valence-electron chi connectivity index (χ1n) is 5.44. The van der Waals surface area contributed by atoms with Crippen LogP contribution in [0.2, 0.25) is 0 Å². The molecule has 0 atom stereocenters. The molecule has 3 heteroatoms. The van der Waals surface area contributed by atoms with Crippen molar-refractivity contribution < 1.29 is 9.59 Å². The van der Waals surface area contributed by atoms with Gasteiger partial charge in [0.1, 0.15) is 0 Å². The maximum Gasteiger partial charge on any atom is 0.256 e. The fourth-order valence-corrected chi connectivity index (χ4v) is 2.40. The van der Waals surface area contributed by atoms with Crippen LogP contribution in [0.4, 0.5) is 5.69 Å². The Kier molecular flexibility index (Phi) is 1.93. The zero-order valence-electron chi connectivity index (χ0n) is 8.75. The number of para-hydroxylation sites is 1. The van der Waals surface area contributed by atoms with E-state index in [1.807, 2.05) is 24.3 Å². The Morgan fingerprint density at radius 3 is 2.62 bits per heavy atom. The van der Waals surface area contributed by atoms with Gasteiger partial charge in [-0.25, -0.2) is 0 Å². The minimum absolute atomic E-state index is 0.127. The van der Waals surface area contributed by atoms with Crippen LogP contribution in [0.25, 0.3) is 5.57 Å². The van der Waals surface area contributed by atoms with E-state index >= 15 is 0 Å². The molecule has 1 aliphatic heterocycles. The Morgan fingerprint density at radius 1 is 1.06 bits per heavy atom. The van der Waals surface area contributed by atoms with Crippen LogP contribution in [-0.2, 0) is 9.59 Å². The van der Waals surface area contributed by atoms with Crippen molar-refractivity contribution in [3.63, 3.8) is 0 Å². The van der Waals surface area contributed by atoms with Crippen molar-refractivity contribution in [2.24, 2.45) is 0 Å². The molecule has 0 bridgehead atoms. The monoisotopic (exact) mass is 213 g/mol. The number of allylic oxidation sites excluding steroid dienone is 1. The number of anilines is 1. The number of fused-ring (bicyclic) bond motifs is 1. The average Bonchev–Trinajstić information content (AvgIpc) is 2.81. The third-order valence-electron chi connectivity index (χ3n) is 3.14. The SMILES string of the molecule is O=C1CCC/C1=C1/C(=O)Nc2ccccc21. The number of ketones is 1. The van der Waals surface area contributed by atoms with E-state index in [4.69, 9.17) is 0 Å². The normalized spacial score (nSPS) is 23.5. The second kappa shape index (κ2) is 3.30. The van der Waals surface area contributed by atoms with Gasteiger partial charge in [-0.05, 0) is 18.9 Å². The molecule has 0 spiro atoms. The number of carbonyl (C=O) groups is 2. The number of rotatable bonds is 0. The molecule has 0 saturated heterocycles. The van der Waals surface area contributed by atoms with Gasteiger partial charge in [0.2, 0.25) is 0 Å². The quantitative estimate of drug-likeness (QED) is 0.671. The van der Waals surface area contributed by atoms with Gasteiger partial charge >= 0.3 is 0 Å². The van der Waals surface area contributed by atoms with Crippen LogP contribution >= 0.6 is 0 Å². The topological polar surface area (TPSA) is 46.2 Å². The number of hydrogen-bond acceptors (Lipinski definition) is 2. The summed E-state index contributed by atoms with van der Waals surface area (Å²) >= 11 is 0. The van der Waals surface area contributed by atoms with E-state index < -0.39 is 0 Å². The predicted octanol–water partition coefficient (Wildman–Crippen LogP) is 2.15. The van der Waals surface area contributed by atoms with E-state index in [0.717, 1.165) is 24.1 Å². The second-order valence-electron chi connectivity index (χ2n) is 4.13. The summed E-state index contributed by atoms with van der Waals surface area (Å²) in [6.07, 6.45) is 2.18. The molecule has 1 aromatic rings. The van der Waals surface area contributed by atoms with Crippen molar-refractivity contribution in [2.45, 2.75) is 19.3 Å². The Labute approximate surface area is 93.2 Å². The molecule has 1 fully saturated rings. The molecule has 3 rings (SSSR count). The molecule has 1 heterocycles. The number of nitrogens with one attached hydrogen (secondary N) is 1. The molecule has 0 aromatic heterocycles. The Hall–Kier alpha value is -1.90. The van der Waals surface area contributed by atoms with Gasteiger partial charge in [-0.3, -0.25) is 9.59 Å². The molecule has 1 saturated carbocycles. The third kappa shape index (κ3) is 1.21. The van der Waals surface area contributed by atoms with E-state index in [0.29, 0.717) is 17.6 Å². The summed E-state index contributed by atoms with van der Waals surface area (Å²) in [5.74, 6) is -0.00620. The minimum atomic E-state index is -0.133. The van der Waals surface area contributed by atoms with Gasteiger partial charge in [0.05, 0.1) is 5.57 Å². The van der Waals surface area contributed by atoms with Crippen LogP contribution in [0.15, 0.2) is 29.8 Å². The summed E-state index contributed by atoms with van der Waals surface area (Å²) in [7, 11) is 0. The van der Waals surface area contributed by atoms with Gasteiger partial charge in [0, 0.05) is 23.2 Å².